The molecule has 0 aliphatic carbocycles. The Balaban J connectivity index is 2.99. The summed E-state index contributed by atoms with van der Waals surface area (Å²) in [7, 11) is 3.77. The Morgan fingerprint density at radius 2 is 2.38 bits per heavy atom. The van der Waals surface area contributed by atoms with Gasteiger partial charge in [-0.15, -0.1) is 11.3 Å². The van der Waals surface area contributed by atoms with Crippen molar-refractivity contribution in [3.63, 3.8) is 0 Å². The summed E-state index contributed by atoms with van der Waals surface area (Å²) >= 11 is 1.50. The third kappa shape index (κ3) is 2.56. The van der Waals surface area contributed by atoms with Crippen molar-refractivity contribution in [2.24, 2.45) is 0 Å². The molecule has 68 valence electrons. The molecule has 0 saturated carbocycles. The number of aryl methyl sites for hydroxylation is 1. The topological polar surface area (TPSA) is 39.9 Å². The third-order valence-electron chi connectivity index (χ3n) is 1.36. The third-order valence-corrected chi connectivity index (χ3v) is 2.35. The molecule has 1 rings (SSSR count). The van der Waals surface area contributed by atoms with Crippen molar-refractivity contribution in [3.05, 3.63) is 22.3 Å². The maximum Gasteiger partial charge on any atom is 0.135 e. The largest absolute Gasteiger partial charge is 0.382 e. The van der Waals surface area contributed by atoms with Crippen molar-refractivity contribution in [2.45, 2.75) is 6.92 Å². The predicted molar refractivity (Wildman–Crippen MR) is 54.1 cm³/mol. The van der Waals surface area contributed by atoms with Gasteiger partial charge in [-0.3, -0.25) is 0 Å². The summed E-state index contributed by atoms with van der Waals surface area (Å²) in [4.78, 5) is 6.08. The van der Waals surface area contributed by atoms with Gasteiger partial charge in [0.1, 0.15) is 16.6 Å². The van der Waals surface area contributed by atoms with Gasteiger partial charge >= 0.3 is 0 Å². The van der Waals surface area contributed by atoms with Gasteiger partial charge in [0.25, 0.3) is 0 Å². The second-order valence-corrected chi connectivity index (χ2v) is 3.77. The van der Waals surface area contributed by atoms with Crippen LogP contribution in [0.3, 0.4) is 0 Å². The number of nitrogens with zero attached hydrogens (tertiary/aromatic N) is 3. The van der Waals surface area contributed by atoms with E-state index in [2.05, 4.69) is 11.1 Å². The monoisotopic (exact) mass is 193 g/mol. The fourth-order valence-corrected chi connectivity index (χ4v) is 1.62. The molecule has 1 heterocycles. The maximum absolute atomic E-state index is 8.86. The molecule has 3 nitrogen and oxygen atoms in total. The average Bonchev–Trinajstić information content (AvgIpc) is 2.47. The van der Waals surface area contributed by atoms with Crippen LogP contribution >= 0.6 is 11.3 Å². The fourth-order valence-electron chi connectivity index (χ4n) is 0.868. The molecule has 0 saturated heterocycles. The summed E-state index contributed by atoms with van der Waals surface area (Å²) in [5, 5.41) is 11.6. The average molecular weight is 193 g/mol. The summed E-state index contributed by atoms with van der Waals surface area (Å²) in [5.41, 5.74) is 1.57. The SMILES string of the molecule is Cc1csc(C(C#N)=CN(C)C)n1. The highest BCUT2D eigenvalue weighted by Crippen LogP contribution is 2.18. The molecule has 0 aromatic carbocycles. The van der Waals surface area contributed by atoms with Gasteiger partial charge in [0, 0.05) is 31.4 Å². The van der Waals surface area contributed by atoms with E-state index in [0.29, 0.717) is 5.57 Å². The molecule has 0 bridgehead atoms. The highest BCUT2D eigenvalue weighted by atomic mass is 32.1. The van der Waals surface area contributed by atoms with E-state index in [1.807, 2.05) is 31.3 Å². The minimum Gasteiger partial charge on any atom is -0.382 e. The lowest BCUT2D eigenvalue weighted by Crippen LogP contribution is -2.02. The number of hydrogen-bond acceptors (Lipinski definition) is 4. The van der Waals surface area contributed by atoms with Crippen molar-refractivity contribution in [2.75, 3.05) is 14.1 Å². The van der Waals surface area contributed by atoms with Crippen molar-refractivity contribution in [3.8, 4) is 6.07 Å². The Hall–Kier alpha value is -1.34. The molecule has 0 aliphatic rings. The molecule has 0 spiro atoms. The van der Waals surface area contributed by atoms with Gasteiger partial charge in [-0.05, 0) is 6.92 Å². The van der Waals surface area contributed by atoms with Crippen LogP contribution in [0.4, 0.5) is 0 Å². The maximum atomic E-state index is 8.86. The lowest BCUT2D eigenvalue weighted by atomic mass is 10.3. The zero-order chi connectivity index (χ0) is 9.84. The van der Waals surface area contributed by atoms with Crippen molar-refractivity contribution >= 4 is 16.9 Å². The van der Waals surface area contributed by atoms with Gasteiger partial charge in [0.2, 0.25) is 0 Å². The molecule has 0 radical (unpaired) electrons. The summed E-state index contributed by atoms with van der Waals surface area (Å²) in [6.45, 7) is 1.92. The van der Waals surface area contributed by atoms with Crippen LogP contribution in [0.5, 0.6) is 0 Å². The lowest BCUT2D eigenvalue weighted by molar-refractivity contribution is 0.566. The number of allylic oxidation sites excluding steroid dienone is 1. The van der Waals surface area contributed by atoms with E-state index in [9.17, 15) is 0 Å². The van der Waals surface area contributed by atoms with Gasteiger partial charge in [-0.2, -0.15) is 5.26 Å². The Labute approximate surface area is 81.9 Å². The van der Waals surface area contributed by atoms with Gasteiger partial charge in [0.15, 0.2) is 0 Å². The molecule has 0 amide bonds. The van der Waals surface area contributed by atoms with E-state index in [1.165, 1.54) is 11.3 Å². The standard InChI is InChI=1S/C9H11N3S/c1-7-6-13-9(11-7)8(4-10)5-12(2)3/h5-6H,1-3H3. The molecule has 13 heavy (non-hydrogen) atoms. The Morgan fingerprint density at radius 1 is 1.69 bits per heavy atom. The van der Waals surface area contributed by atoms with Crippen LogP contribution in [0.1, 0.15) is 10.7 Å². The van der Waals surface area contributed by atoms with Crippen LogP contribution in [-0.2, 0) is 0 Å². The first-order chi connectivity index (χ1) is 6.13. The summed E-state index contributed by atoms with van der Waals surface area (Å²) in [5.74, 6) is 0. The molecule has 1 aromatic heterocycles. The molecule has 4 heteroatoms. The van der Waals surface area contributed by atoms with E-state index in [4.69, 9.17) is 5.26 Å². The number of nitriles is 1. The van der Waals surface area contributed by atoms with Crippen LogP contribution in [0.2, 0.25) is 0 Å². The number of aromatic nitrogens is 1. The van der Waals surface area contributed by atoms with Gasteiger partial charge in [-0.1, -0.05) is 0 Å². The Bertz CT molecular complexity index is 357. The first-order valence-electron chi connectivity index (χ1n) is 3.84. The van der Waals surface area contributed by atoms with Crippen LogP contribution in [0, 0.1) is 18.3 Å². The van der Waals surface area contributed by atoms with E-state index in [1.54, 1.807) is 6.20 Å². The fraction of sp³-hybridized carbons (Fsp3) is 0.333. The molecule has 0 atom stereocenters. The Kier molecular flexibility index (Phi) is 3.04. The van der Waals surface area contributed by atoms with Crippen LogP contribution in [0.25, 0.3) is 5.57 Å². The minimum absolute atomic E-state index is 0.614. The van der Waals surface area contributed by atoms with Gasteiger partial charge in [-0.25, -0.2) is 4.98 Å². The van der Waals surface area contributed by atoms with E-state index in [-0.39, 0.29) is 0 Å². The van der Waals surface area contributed by atoms with Crippen LogP contribution in [-0.4, -0.2) is 24.0 Å². The highest BCUT2D eigenvalue weighted by Gasteiger charge is 2.04. The summed E-state index contributed by atoms with van der Waals surface area (Å²) in [6, 6.07) is 2.13. The lowest BCUT2D eigenvalue weighted by Gasteiger charge is -2.03. The smallest absolute Gasteiger partial charge is 0.135 e. The first kappa shape index (κ1) is 9.75. The zero-order valence-corrected chi connectivity index (χ0v) is 8.72. The highest BCUT2D eigenvalue weighted by molar-refractivity contribution is 7.10. The molecular formula is C9H11N3S. The summed E-state index contributed by atoms with van der Waals surface area (Å²) < 4.78 is 0. The van der Waals surface area contributed by atoms with Crippen molar-refractivity contribution in [1.29, 1.82) is 5.26 Å². The van der Waals surface area contributed by atoms with Crippen LogP contribution in [0.15, 0.2) is 11.6 Å². The zero-order valence-electron chi connectivity index (χ0n) is 7.90. The van der Waals surface area contributed by atoms with Crippen molar-refractivity contribution < 1.29 is 0 Å². The predicted octanol–water partition coefficient (Wildman–Crippen LogP) is 1.88. The Morgan fingerprint density at radius 3 is 2.77 bits per heavy atom. The van der Waals surface area contributed by atoms with E-state index < -0.39 is 0 Å². The molecule has 0 fully saturated rings. The van der Waals surface area contributed by atoms with Gasteiger partial charge in [0.05, 0.1) is 0 Å². The normalized spacial score (nSPS) is 11.1. The quantitative estimate of drug-likeness (QED) is 0.673. The second-order valence-electron chi connectivity index (χ2n) is 2.91. The second kappa shape index (κ2) is 4.06. The number of rotatable bonds is 2. The number of thiazole rings is 1. The summed E-state index contributed by atoms with van der Waals surface area (Å²) in [6.07, 6.45) is 1.78. The van der Waals surface area contributed by atoms with E-state index in [0.717, 1.165) is 10.7 Å². The molecular weight excluding hydrogens is 182 g/mol. The molecule has 0 unspecified atom stereocenters. The molecule has 0 N–H and O–H groups in total. The molecule has 0 aliphatic heterocycles. The minimum atomic E-state index is 0.614. The van der Waals surface area contributed by atoms with Crippen molar-refractivity contribution in [1.82, 2.24) is 9.88 Å². The van der Waals surface area contributed by atoms with Crippen LogP contribution < -0.4 is 0 Å². The van der Waals surface area contributed by atoms with E-state index >= 15 is 0 Å². The number of hydrogen-bond donors (Lipinski definition) is 0. The first-order valence-corrected chi connectivity index (χ1v) is 4.72. The van der Waals surface area contributed by atoms with Gasteiger partial charge < -0.3 is 4.90 Å². The molecule has 1 aromatic rings.